The number of hydrogen-bond donors (Lipinski definition) is 1. The number of nitrogens with zero attached hydrogens (tertiary/aromatic N) is 6. The van der Waals surface area contributed by atoms with E-state index in [1.54, 1.807) is 18.2 Å². The maximum atomic E-state index is 13.0. The van der Waals surface area contributed by atoms with E-state index in [4.69, 9.17) is 27.9 Å². The van der Waals surface area contributed by atoms with Gasteiger partial charge in [0.05, 0.1) is 28.0 Å². The number of aromatic nitrogens is 4. The lowest BCUT2D eigenvalue weighted by atomic mass is 10.2. The number of fused-ring (bicyclic) bond motifs is 2. The molecule has 154 valence electrons. The molecule has 5 rings (SSSR count). The Bertz CT molecular complexity index is 1130. The average Bonchev–Trinajstić information content (AvgIpc) is 3.10. The molecular weight excluding hydrogens is 429 g/mol. The molecule has 0 bridgehead atoms. The first kappa shape index (κ1) is 19.1. The second-order valence-electron chi connectivity index (χ2n) is 7.10. The Balaban J connectivity index is 1.39. The molecule has 2 aromatic heterocycles. The zero-order chi connectivity index (χ0) is 20.8. The van der Waals surface area contributed by atoms with Crippen LogP contribution in [0.4, 0.5) is 17.5 Å². The summed E-state index contributed by atoms with van der Waals surface area (Å²) in [4.78, 5) is 25.1. The van der Waals surface area contributed by atoms with Crippen LogP contribution in [0.3, 0.4) is 0 Å². The van der Waals surface area contributed by atoms with Crippen molar-refractivity contribution < 1.29 is 9.53 Å². The summed E-state index contributed by atoms with van der Waals surface area (Å²) >= 11 is 12.5. The number of anilines is 3. The van der Waals surface area contributed by atoms with Crippen molar-refractivity contribution >= 4 is 46.6 Å². The standard InChI is InChI=1S/C19H17Cl2N7O2/c1-26-5-6-28-11(9-26)7-15(25-28)23-19-22-8-12-17(24-19)30-10-27(18(12)29)16-13(20)3-2-4-14(16)21/h2-4,7-8H,5-6,9-10H2,1H3,(H,22,23,24,25). The third-order valence-corrected chi connectivity index (χ3v) is 5.61. The van der Waals surface area contributed by atoms with Crippen LogP contribution in [0.15, 0.2) is 30.5 Å². The topological polar surface area (TPSA) is 88.4 Å². The van der Waals surface area contributed by atoms with Crippen LogP contribution in [-0.4, -0.2) is 50.9 Å². The molecule has 4 heterocycles. The van der Waals surface area contributed by atoms with Crippen molar-refractivity contribution in [3.63, 3.8) is 0 Å². The van der Waals surface area contributed by atoms with E-state index in [0.717, 1.165) is 25.3 Å². The van der Waals surface area contributed by atoms with Gasteiger partial charge in [-0.05, 0) is 19.2 Å². The van der Waals surface area contributed by atoms with Crippen molar-refractivity contribution in [1.82, 2.24) is 24.6 Å². The maximum absolute atomic E-state index is 13.0. The Morgan fingerprint density at radius 3 is 2.80 bits per heavy atom. The summed E-state index contributed by atoms with van der Waals surface area (Å²) in [6, 6.07) is 7.00. The molecule has 0 spiro atoms. The lowest BCUT2D eigenvalue weighted by Crippen LogP contribution is -2.39. The molecule has 2 aliphatic heterocycles. The number of para-hydroxylation sites is 1. The number of carbonyl (C=O) groups excluding carboxylic acids is 1. The van der Waals surface area contributed by atoms with E-state index < -0.39 is 0 Å². The zero-order valence-corrected chi connectivity index (χ0v) is 17.5. The number of hydrogen-bond acceptors (Lipinski definition) is 7. The quantitative estimate of drug-likeness (QED) is 0.661. The van der Waals surface area contributed by atoms with Crippen LogP contribution >= 0.6 is 23.2 Å². The molecule has 11 heteroatoms. The fourth-order valence-electron chi connectivity index (χ4n) is 3.50. The Hall–Kier alpha value is -2.88. The van der Waals surface area contributed by atoms with E-state index in [0.29, 0.717) is 27.5 Å². The van der Waals surface area contributed by atoms with Crippen LogP contribution in [0.1, 0.15) is 16.1 Å². The summed E-state index contributed by atoms with van der Waals surface area (Å²) in [5, 5.41) is 8.33. The molecule has 3 aromatic rings. The molecule has 0 aliphatic carbocycles. The Kier molecular flexibility index (Phi) is 4.73. The van der Waals surface area contributed by atoms with Gasteiger partial charge in [0.25, 0.3) is 5.91 Å². The van der Waals surface area contributed by atoms with Gasteiger partial charge in [-0.25, -0.2) is 4.98 Å². The van der Waals surface area contributed by atoms with Gasteiger partial charge in [0.1, 0.15) is 5.56 Å². The average molecular weight is 446 g/mol. The minimum Gasteiger partial charge on any atom is -0.455 e. The number of likely N-dealkylation sites (N-methyl/N-ethyl adjacent to an activating group) is 1. The highest BCUT2D eigenvalue weighted by Gasteiger charge is 2.31. The Labute approximate surface area is 182 Å². The molecule has 0 atom stereocenters. The SMILES string of the molecule is CN1CCn2nc(Nc3ncc4c(n3)OCN(c3c(Cl)cccc3Cl)C4=O)cc2C1. The summed E-state index contributed by atoms with van der Waals surface area (Å²) in [6.07, 6.45) is 1.42. The number of rotatable bonds is 3. The Morgan fingerprint density at radius 2 is 2.00 bits per heavy atom. The lowest BCUT2D eigenvalue weighted by Gasteiger charge is -2.29. The van der Waals surface area contributed by atoms with Crippen LogP contribution in [0.5, 0.6) is 5.88 Å². The van der Waals surface area contributed by atoms with Crippen molar-refractivity contribution in [2.45, 2.75) is 13.1 Å². The van der Waals surface area contributed by atoms with Gasteiger partial charge in [-0.15, -0.1) is 0 Å². The van der Waals surface area contributed by atoms with Crippen molar-refractivity contribution in [1.29, 1.82) is 0 Å². The van der Waals surface area contributed by atoms with Crippen molar-refractivity contribution in [3.05, 3.63) is 51.8 Å². The fraction of sp³-hybridized carbons (Fsp3) is 0.263. The monoisotopic (exact) mass is 445 g/mol. The third kappa shape index (κ3) is 3.34. The normalized spacial score (nSPS) is 16.1. The molecule has 1 N–H and O–H groups in total. The summed E-state index contributed by atoms with van der Waals surface area (Å²) < 4.78 is 7.67. The second kappa shape index (κ2) is 7.42. The Morgan fingerprint density at radius 1 is 1.20 bits per heavy atom. The van der Waals surface area contributed by atoms with Gasteiger partial charge in [0.2, 0.25) is 11.8 Å². The molecule has 0 fully saturated rings. The van der Waals surface area contributed by atoms with E-state index in [-0.39, 0.29) is 24.1 Å². The lowest BCUT2D eigenvalue weighted by molar-refractivity contribution is 0.0932. The highest BCUT2D eigenvalue weighted by Crippen LogP contribution is 2.37. The number of nitrogens with one attached hydrogen (secondary N) is 1. The smallest absolute Gasteiger partial charge is 0.268 e. The van der Waals surface area contributed by atoms with Crippen LogP contribution < -0.4 is 15.0 Å². The molecule has 2 aliphatic rings. The predicted molar refractivity (Wildman–Crippen MR) is 113 cm³/mol. The van der Waals surface area contributed by atoms with Crippen molar-refractivity contribution in [2.24, 2.45) is 0 Å². The van der Waals surface area contributed by atoms with Crippen LogP contribution in [0.2, 0.25) is 10.0 Å². The van der Waals surface area contributed by atoms with Gasteiger partial charge in [-0.3, -0.25) is 19.3 Å². The summed E-state index contributed by atoms with van der Waals surface area (Å²) in [5.74, 6) is 0.806. The van der Waals surface area contributed by atoms with E-state index in [1.165, 1.54) is 11.1 Å². The van der Waals surface area contributed by atoms with Gasteiger partial charge >= 0.3 is 0 Å². The van der Waals surface area contributed by atoms with E-state index in [9.17, 15) is 4.79 Å². The first-order chi connectivity index (χ1) is 14.5. The number of benzene rings is 1. The number of ether oxygens (including phenoxy) is 1. The molecule has 1 amide bonds. The highest BCUT2D eigenvalue weighted by atomic mass is 35.5. The maximum Gasteiger partial charge on any atom is 0.268 e. The van der Waals surface area contributed by atoms with Gasteiger partial charge in [0.15, 0.2) is 12.5 Å². The highest BCUT2D eigenvalue weighted by molar-refractivity contribution is 6.40. The molecule has 9 nitrogen and oxygen atoms in total. The number of halogens is 2. The largest absolute Gasteiger partial charge is 0.455 e. The van der Waals surface area contributed by atoms with Gasteiger partial charge in [-0.2, -0.15) is 10.1 Å². The summed E-state index contributed by atoms with van der Waals surface area (Å²) in [6.45, 7) is 2.55. The van der Waals surface area contributed by atoms with Crippen molar-refractivity contribution in [3.8, 4) is 5.88 Å². The molecular formula is C19H17Cl2N7O2. The molecule has 0 unspecified atom stereocenters. The van der Waals surface area contributed by atoms with Gasteiger partial charge in [-0.1, -0.05) is 29.3 Å². The molecule has 0 radical (unpaired) electrons. The molecule has 0 saturated heterocycles. The number of amides is 1. The van der Waals surface area contributed by atoms with Gasteiger partial charge in [0, 0.05) is 25.4 Å². The second-order valence-corrected chi connectivity index (χ2v) is 7.91. The van der Waals surface area contributed by atoms with Crippen LogP contribution in [0.25, 0.3) is 0 Å². The first-order valence-electron chi connectivity index (χ1n) is 9.27. The van der Waals surface area contributed by atoms with Gasteiger partial charge < -0.3 is 10.1 Å². The number of carbonyl (C=O) groups is 1. The van der Waals surface area contributed by atoms with Crippen LogP contribution in [0, 0.1) is 0 Å². The molecule has 0 saturated carbocycles. The third-order valence-electron chi connectivity index (χ3n) is 5.00. The van der Waals surface area contributed by atoms with E-state index >= 15 is 0 Å². The van der Waals surface area contributed by atoms with E-state index in [1.807, 2.05) is 10.7 Å². The van der Waals surface area contributed by atoms with E-state index in [2.05, 4.69) is 32.3 Å². The molecule has 30 heavy (non-hydrogen) atoms. The fourth-order valence-corrected chi connectivity index (χ4v) is 4.10. The first-order valence-corrected chi connectivity index (χ1v) is 10.0. The minimum atomic E-state index is -0.335. The minimum absolute atomic E-state index is 0.0587. The van der Waals surface area contributed by atoms with Crippen LogP contribution in [-0.2, 0) is 13.1 Å². The van der Waals surface area contributed by atoms with Crippen molar-refractivity contribution in [2.75, 3.05) is 30.5 Å². The summed E-state index contributed by atoms with van der Waals surface area (Å²) in [5.41, 5.74) is 1.74. The summed E-state index contributed by atoms with van der Waals surface area (Å²) in [7, 11) is 2.07. The molecule has 1 aromatic carbocycles. The zero-order valence-electron chi connectivity index (χ0n) is 16.0. The predicted octanol–water partition coefficient (Wildman–Crippen LogP) is 3.17.